The molecule has 0 bridgehead atoms. The highest BCUT2D eigenvalue weighted by Crippen LogP contribution is 2.28. The molecule has 212 valence electrons. The van der Waals surface area contributed by atoms with Gasteiger partial charge in [-0.1, -0.05) is 69.6 Å². The third kappa shape index (κ3) is 10.5. The number of nitrogens with one attached hydrogen (secondary N) is 1. The molecule has 0 aliphatic carbocycles. The molecule has 40 heavy (non-hydrogen) atoms. The highest BCUT2D eigenvalue weighted by atomic mass is 79.9. The van der Waals surface area contributed by atoms with Gasteiger partial charge in [0.25, 0.3) is 0 Å². The van der Waals surface area contributed by atoms with Crippen molar-refractivity contribution < 1.29 is 19.4 Å². The number of nitrogens with two attached hydrogens (primary N) is 2. The van der Waals surface area contributed by atoms with Crippen molar-refractivity contribution in [2.75, 3.05) is 18.9 Å². The minimum Gasteiger partial charge on any atom is -0.477 e. The molecule has 3 aromatic carbocycles. The average molecular weight is 691 g/mol. The third-order valence-electron chi connectivity index (χ3n) is 5.42. The number of hydrogen-bond donors (Lipinski definition) is 4. The van der Waals surface area contributed by atoms with E-state index in [9.17, 15) is 9.59 Å². The van der Waals surface area contributed by atoms with Gasteiger partial charge in [-0.15, -0.1) is 11.3 Å². The molecule has 1 atom stereocenters. The normalized spacial score (nSPS) is 13.6. The zero-order valence-electron chi connectivity index (χ0n) is 21.2. The van der Waals surface area contributed by atoms with Crippen molar-refractivity contribution in [3.8, 4) is 0 Å². The number of halogens is 2. The maximum absolute atomic E-state index is 11.1. The van der Waals surface area contributed by atoms with Gasteiger partial charge in [0.2, 0.25) is 0 Å². The molecule has 1 fully saturated rings. The maximum Gasteiger partial charge on any atom is 0.345 e. The van der Waals surface area contributed by atoms with E-state index in [-0.39, 0.29) is 13.2 Å². The molecule has 0 spiro atoms. The van der Waals surface area contributed by atoms with E-state index in [1.807, 2.05) is 72.8 Å². The smallest absolute Gasteiger partial charge is 0.345 e. The van der Waals surface area contributed by atoms with Crippen molar-refractivity contribution in [2.45, 2.75) is 26.8 Å². The number of rotatable bonds is 2. The number of Topliss-reactive ketones (excluding diaryl/α,β-unsaturated/α-hetero) is 1. The number of carbonyl (C=O) groups is 2. The molecule has 1 aliphatic heterocycles. The predicted molar refractivity (Wildman–Crippen MR) is 173 cm³/mol. The Bertz CT molecular complexity index is 1440. The summed E-state index contributed by atoms with van der Waals surface area (Å²) in [4.78, 5) is 25.1. The first-order chi connectivity index (χ1) is 18.6. The van der Waals surface area contributed by atoms with Crippen LogP contribution in [0.4, 0.5) is 5.69 Å². The molecule has 1 saturated heterocycles. The number of aromatic carboxylic acids is 1. The van der Waals surface area contributed by atoms with Crippen LogP contribution in [0.3, 0.4) is 0 Å². The number of fused-ring (bicyclic) bond motifs is 2. The van der Waals surface area contributed by atoms with Gasteiger partial charge in [-0.05, 0) is 60.3 Å². The summed E-state index contributed by atoms with van der Waals surface area (Å²) in [5.41, 5.74) is 13.2. The first kappa shape index (κ1) is 33.2. The third-order valence-corrected chi connectivity index (χ3v) is 7.49. The van der Waals surface area contributed by atoms with Crippen LogP contribution in [0.5, 0.6) is 0 Å². The molecular weight excluding hydrogens is 658 g/mol. The van der Waals surface area contributed by atoms with Crippen molar-refractivity contribution in [3.63, 3.8) is 0 Å². The predicted octanol–water partition coefficient (Wildman–Crippen LogP) is 8.13. The highest BCUT2D eigenvalue weighted by molar-refractivity contribution is 9.10. The van der Waals surface area contributed by atoms with Crippen LogP contribution < -0.4 is 11.5 Å². The summed E-state index contributed by atoms with van der Waals surface area (Å²) in [5, 5.41) is 10.8. The van der Waals surface area contributed by atoms with Crippen LogP contribution in [-0.4, -0.2) is 41.1 Å². The summed E-state index contributed by atoms with van der Waals surface area (Å²) >= 11 is 8.00. The second kappa shape index (κ2) is 16.3. The quantitative estimate of drug-likeness (QED) is 0.109. The summed E-state index contributed by atoms with van der Waals surface area (Å²) in [5.74, 6) is -0.801. The van der Waals surface area contributed by atoms with Crippen molar-refractivity contribution in [2.24, 2.45) is 5.73 Å². The summed E-state index contributed by atoms with van der Waals surface area (Å²) in [7, 11) is 0. The number of hydrogen-bond acceptors (Lipinski definition) is 6. The van der Waals surface area contributed by atoms with Gasteiger partial charge in [0, 0.05) is 49.8 Å². The number of ketones is 1. The lowest BCUT2D eigenvalue weighted by Gasteiger charge is -1.90. The number of aromatic nitrogens is 1. The Morgan fingerprint density at radius 1 is 0.975 bits per heavy atom. The molecule has 6 rings (SSSR count). The van der Waals surface area contributed by atoms with E-state index < -0.39 is 5.97 Å². The van der Waals surface area contributed by atoms with Crippen LogP contribution in [0.25, 0.3) is 21.0 Å². The number of ether oxygens (including phenoxy) is 1. The molecule has 0 saturated carbocycles. The minimum absolute atomic E-state index is 0. The first-order valence-corrected chi connectivity index (χ1v) is 14.4. The van der Waals surface area contributed by atoms with Crippen LogP contribution in [-0.2, 0) is 4.74 Å². The number of H-pyrrole nitrogens is 1. The molecule has 6 N–H and O–H groups in total. The number of para-hydroxylation sites is 1. The van der Waals surface area contributed by atoms with E-state index in [4.69, 9.17) is 21.3 Å². The summed E-state index contributed by atoms with van der Waals surface area (Å²) in [6, 6.07) is 25.0. The Balaban J connectivity index is 0.000000195. The zero-order valence-corrected chi connectivity index (χ0v) is 25.2. The molecule has 10 heteroatoms. The van der Waals surface area contributed by atoms with Crippen LogP contribution in [0.15, 0.2) is 87.8 Å². The van der Waals surface area contributed by atoms with Gasteiger partial charge in [0.05, 0.1) is 12.3 Å². The van der Waals surface area contributed by atoms with E-state index in [0.29, 0.717) is 16.6 Å². The van der Waals surface area contributed by atoms with Crippen molar-refractivity contribution in [1.29, 1.82) is 0 Å². The molecule has 2 aromatic heterocycles. The first-order valence-electron chi connectivity index (χ1n) is 12.0. The highest BCUT2D eigenvalue weighted by Gasteiger charge is 2.08. The maximum atomic E-state index is 11.1. The van der Waals surface area contributed by atoms with E-state index in [1.54, 1.807) is 13.0 Å². The number of nitrogen functional groups attached to an aromatic ring is 1. The van der Waals surface area contributed by atoms with Crippen LogP contribution >= 0.6 is 43.2 Å². The largest absolute Gasteiger partial charge is 0.477 e. The Labute approximate surface area is 254 Å². The van der Waals surface area contributed by atoms with Crippen molar-refractivity contribution in [1.82, 2.24) is 4.98 Å². The lowest BCUT2D eigenvalue weighted by atomic mass is 10.2. The number of carboxylic acid groups (broad SMARTS) is 1. The van der Waals surface area contributed by atoms with Gasteiger partial charge < -0.3 is 26.3 Å². The Morgan fingerprint density at radius 2 is 1.62 bits per heavy atom. The topological polar surface area (TPSA) is 131 Å². The summed E-state index contributed by atoms with van der Waals surface area (Å²) < 4.78 is 7.91. The number of carbonyl (C=O) groups excluding carboxylic acids is 1. The van der Waals surface area contributed by atoms with Gasteiger partial charge in [-0.25, -0.2) is 4.79 Å². The van der Waals surface area contributed by atoms with Crippen LogP contribution in [0, 0.1) is 0 Å². The summed E-state index contributed by atoms with van der Waals surface area (Å²) in [6.07, 6.45) is 1.04. The second-order valence-corrected chi connectivity index (χ2v) is 11.5. The molecule has 5 aromatic rings. The molecule has 1 unspecified atom stereocenters. The van der Waals surface area contributed by atoms with E-state index in [2.05, 4.69) is 36.8 Å². The van der Waals surface area contributed by atoms with Gasteiger partial charge in [-0.3, -0.25) is 4.79 Å². The lowest BCUT2D eigenvalue weighted by molar-refractivity contribution is 0.0702. The van der Waals surface area contributed by atoms with Crippen LogP contribution in [0.2, 0.25) is 0 Å². The lowest BCUT2D eigenvalue weighted by Crippen LogP contribution is -2.18. The SMILES string of the molecule is C.CC(=O)c1cc2ccc(Br)cc2[nH]1.NC1CCOC1.Nc1ccccc1.O=C(O)c1cc2ccc(Br)cc2s1. The van der Waals surface area contributed by atoms with Crippen molar-refractivity contribution in [3.05, 3.63) is 98.4 Å². The fraction of sp³-hybridized carbons (Fsp3) is 0.200. The minimum atomic E-state index is -0.864. The van der Waals surface area contributed by atoms with E-state index in [0.717, 1.165) is 55.3 Å². The monoisotopic (exact) mass is 689 g/mol. The van der Waals surface area contributed by atoms with Gasteiger partial charge in [-0.2, -0.15) is 0 Å². The number of aromatic amines is 1. The van der Waals surface area contributed by atoms with E-state index >= 15 is 0 Å². The van der Waals surface area contributed by atoms with Crippen LogP contribution in [0.1, 0.15) is 40.9 Å². The number of benzene rings is 3. The molecule has 0 radical (unpaired) electrons. The standard InChI is InChI=1S/C10H8BrNO.C9H5BrO2S.C6H7N.C4H9NO.CH4/c1-6(13)9-4-7-2-3-8(11)5-10(7)12-9;10-6-2-1-5-3-8(9(11)12)13-7(5)4-6;7-6-4-2-1-3-5-6;5-4-1-2-6-3-4;/h2-5,12H,1H3;1-4H,(H,11,12);1-5H,7H2;4H,1-3,5H2;1H4. The molecule has 0 amide bonds. The van der Waals surface area contributed by atoms with Gasteiger partial charge in [0.1, 0.15) is 4.88 Å². The second-order valence-electron chi connectivity index (χ2n) is 8.60. The fourth-order valence-electron chi connectivity index (χ4n) is 3.41. The average Bonchev–Trinajstić information content (AvgIpc) is 3.65. The molecular formula is C30H33Br2N3O4S. The molecule has 3 heterocycles. The van der Waals surface area contributed by atoms with Gasteiger partial charge >= 0.3 is 5.97 Å². The number of anilines is 1. The van der Waals surface area contributed by atoms with E-state index in [1.165, 1.54) is 11.3 Å². The Kier molecular flexibility index (Phi) is 13.5. The number of thiophene rings is 1. The Hall–Kier alpha value is -3.02. The Morgan fingerprint density at radius 3 is 2.12 bits per heavy atom. The summed E-state index contributed by atoms with van der Waals surface area (Å²) in [6.45, 7) is 3.18. The van der Waals surface area contributed by atoms with Gasteiger partial charge in [0.15, 0.2) is 5.78 Å². The molecule has 7 nitrogen and oxygen atoms in total. The van der Waals surface area contributed by atoms with Crippen molar-refractivity contribution >= 4 is 81.6 Å². The fourth-order valence-corrected chi connectivity index (χ4v) is 5.22. The molecule has 1 aliphatic rings. The zero-order chi connectivity index (χ0) is 28.4. The number of carboxylic acids is 1.